The van der Waals surface area contributed by atoms with Crippen LogP contribution in [-0.4, -0.2) is 47.6 Å². The number of nitro groups is 1. The quantitative estimate of drug-likeness (QED) is 0.679. The van der Waals surface area contributed by atoms with Crippen molar-refractivity contribution in [2.45, 2.75) is 31.9 Å². The normalized spacial score (nSPS) is 21.5. The topological polar surface area (TPSA) is 84.7 Å². The van der Waals surface area contributed by atoms with Gasteiger partial charge < -0.3 is 15.0 Å². The molecule has 1 aromatic rings. The van der Waals surface area contributed by atoms with Gasteiger partial charge in [-0.25, -0.2) is 0 Å². The van der Waals surface area contributed by atoms with E-state index >= 15 is 0 Å². The molecule has 7 heteroatoms. The zero-order valence-corrected chi connectivity index (χ0v) is 12.4. The lowest BCUT2D eigenvalue weighted by atomic mass is 10.1. The van der Waals surface area contributed by atoms with E-state index in [1.807, 2.05) is 6.92 Å². The minimum Gasteiger partial charge on any atom is -0.377 e. The minimum atomic E-state index is -0.441. The first-order chi connectivity index (χ1) is 10.5. The van der Waals surface area contributed by atoms with Crippen LogP contribution >= 0.6 is 0 Å². The highest BCUT2D eigenvalue weighted by atomic mass is 16.6. The Hall–Kier alpha value is -2.15. The van der Waals surface area contributed by atoms with Gasteiger partial charge in [0.15, 0.2) is 0 Å². The van der Waals surface area contributed by atoms with Gasteiger partial charge in [-0.15, -0.1) is 0 Å². The lowest BCUT2D eigenvalue weighted by Gasteiger charge is -2.31. The van der Waals surface area contributed by atoms with E-state index in [4.69, 9.17) is 4.74 Å². The molecule has 2 fully saturated rings. The Morgan fingerprint density at radius 2 is 2.23 bits per heavy atom. The number of amides is 1. The molecule has 0 spiro atoms. The average molecular weight is 305 g/mol. The average Bonchev–Trinajstić information content (AvgIpc) is 3.30. The van der Waals surface area contributed by atoms with Crippen molar-refractivity contribution in [3.8, 4) is 0 Å². The number of nitro benzene ring substituents is 1. The Balaban J connectivity index is 1.82. The summed E-state index contributed by atoms with van der Waals surface area (Å²) in [4.78, 5) is 25.0. The predicted octanol–water partition coefficient (Wildman–Crippen LogP) is 2.03. The van der Waals surface area contributed by atoms with Gasteiger partial charge in [-0.1, -0.05) is 0 Å². The molecule has 22 heavy (non-hydrogen) atoms. The second kappa shape index (κ2) is 5.92. The van der Waals surface area contributed by atoms with Gasteiger partial charge in [0.05, 0.1) is 17.6 Å². The van der Waals surface area contributed by atoms with Gasteiger partial charge >= 0.3 is 0 Å². The maximum atomic E-state index is 12.5. The molecule has 118 valence electrons. The number of anilines is 1. The molecule has 1 saturated carbocycles. The zero-order chi connectivity index (χ0) is 15.7. The number of nitrogens with one attached hydrogen (secondary N) is 1. The summed E-state index contributed by atoms with van der Waals surface area (Å²) in [6.45, 7) is 3.43. The van der Waals surface area contributed by atoms with Crippen LogP contribution in [0.4, 0.5) is 11.4 Å². The number of nitrogens with zero attached hydrogens (tertiary/aromatic N) is 2. The number of carbonyl (C=O) groups excluding carboxylic acids is 1. The molecule has 1 aliphatic carbocycles. The Bertz CT molecular complexity index is 600. The minimum absolute atomic E-state index is 0.0107. The van der Waals surface area contributed by atoms with Crippen molar-refractivity contribution in [3.63, 3.8) is 0 Å². The van der Waals surface area contributed by atoms with Crippen molar-refractivity contribution in [1.82, 2.24) is 4.90 Å². The van der Waals surface area contributed by atoms with E-state index in [2.05, 4.69) is 5.32 Å². The summed E-state index contributed by atoms with van der Waals surface area (Å²) >= 11 is 0. The molecule has 1 saturated heterocycles. The molecule has 2 aliphatic rings. The molecule has 1 aromatic carbocycles. The fourth-order valence-electron chi connectivity index (χ4n) is 2.57. The first-order valence-corrected chi connectivity index (χ1v) is 7.50. The van der Waals surface area contributed by atoms with Crippen molar-refractivity contribution in [2.24, 2.45) is 0 Å². The Morgan fingerprint density at radius 3 is 2.86 bits per heavy atom. The Kier molecular flexibility index (Phi) is 3.98. The van der Waals surface area contributed by atoms with Crippen LogP contribution in [0, 0.1) is 10.1 Å². The molecule has 7 nitrogen and oxygen atoms in total. The molecular formula is C15H19N3O4. The summed E-state index contributed by atoms with van der Waals surface area (Å²) in [5, 5.41) is 14.4. The van der Waals surface area contributed by atoms with E-state index in [9.17, 15) is 14.9 Å². The lowest BCUT2D eigenvalue weighted by molar-refractivity contribution is -0.384. The van der Waals surface area contributed by atoms with Crippen LogP contribution in [0.15, 0.2) is 18.2 Å². The van der Waals surface area contributed by atoms with Crippen molar-refractivity contribution in [2.75, 3.05) is 25.0 Å². The van der Waals surface area contributed by atoms with E-state index in [-0.39, 0.29) is 17.7 Å². The summed E-state index contributed by atoms with van der Waals surface area (Å²) in [7, 11) is 0. The fraction of sp³-hybridized carbons (Fsp3) is 0.533. The van der Waals surface area contributed by atoms with Crippen LogP contribution < -0.4 is 5.32 Å². The lowest BCUT2D eigenvalue weighted by Crippen LogP contribution is -2.44. The van der Waals surface area contributed by atoms with Gasteiger partial charge in [-0.2, -0.15) is 0 Å². The molecule has 1 atom stereocenters. The van der Waals surface area contributed by atoms with Crippen molar-refractivity contribution in [3.05, 3.63) is 33.9 Å². The molecule has 1 aliphatic heterocycles. The van der Waals surface area contributed by atoms with Crippen LogP contribution in [-0.2, 0) is 4.74 Å². The third-order valence-corrected chi connectivity index (χ3v) is 3.91. The molecule has 0 bridgehead atoms. The van der Waals surface area contributed by atoms with Gasteiger partial charge in [0.2, 0.25) is 0 Å². The summed E-state index contributed by atoms with van der Waals surface area (Å²) in [6, 6.07) is 4.97. The van der Waals surface area contributed by atoms with E-state index in [0.29, 0.717) is 37.0 Å². The standard InChI is InChI=1S/C15H19N3O4/c1-10-9-17(6-7-22-10)15(19)11-2-5-13(16-12-3-4-12)14(8-11)18(20)21/h2,5,8,10,12,16H,3-4,6-7,9H2,1H3/t10-/m1/s1. The smallest absolute Gasteiger partial charge is 0.293 e. The fourth-order valence-corrected chi connectivity index (χ4v) is 2.57. The number of hydrogen-bond donors (Lipinski definition) is 1. The maximum absolute atomic E-state index is 12.5. The molecule has 0 aromatic heterocycles. The number of rotatable bonds is 4. The third kappa shape index (κ3) is 3.19. The Labute approximate surface area is 128 Å². The van der Waals surface area contributed by atoms with Crippen LogP contribution in [0.3, 0.4) is 0 Å². The summed E-state index contributed by atoms with van der Waals surface area (Å²) in [6.07, 6.45) is 2.05. The molecule has 0 unspecified atom stereocenters. The van der Waals surface area contributed by atoms with Gasteiger partial charge in [-0.05, 0) is 31.9 Å². The van der Waals surface area contributed by atoms with Gasteiger partial charge in [0.25, 0.3) is 11.6 Å². The van der Waals surface area contributed by atoms with Crippen LogP contribution in [0.1, 0.15) is 30.1 Å². The number of hydrogen-bond acceptors (Lipinski definition) is 5. The number of morpholine rings is 1. The number of carbonyl (C=O) groups is 1. The molecule has 1 N–H and O–H groups in total. The van der Waals surface area contributed by atoms with E-state index in [0.717, 1.165) is 12.8 Å². The van der Waals surface area contributed by atoms with Crippen molar-refractivity contribution < 1.29 is 14.5 Å². The summed E-state index contributed by atoms with van der Waals surface area (Å²) in [5.41, 5.74) is 0.792. The largest absolute Gasteiger partial charge is 0.377 e. The van der Waals surface area contributed by atoms with E-state index < -0.39 is 4.92 Å². The first-order valence-electron chi connectivity index (χ1n) is 7.50. The molecule has 0 radical (unpaired) electrons. The van der Waals surface area contributed by atoms with Crippen LogP contribution in [0.25, 0.3) is 0 Å². The number of benzene rings is 1. The predicted molar refractivity (Wildman–Crippen MR) is 81.1 cm³/mol. The van der Waals surface area contributed by atoms with Gasteiger partial charge in [0, 0.05) is 30.8 Å². The van der Waals surface area contributed by atoms with Crippen LogP contribution in [0.5, 0.6) is 0 Å². The first kappa shape index (κ1) is 14.8. The van der Waals surface area contributed by atoms with Gasteiger partial charge in [0.1, 0.15) is 5.69 Å². The van der Waals surface area contributed by atoms with Crippen molar-refractivity contribution in [1.29, 1.82) is 0 Å². The highest BCUT2D eigenvalue weighted by Crippen LogP contribution is 2.31. The highest BCUT2D eigenvalue weighted by molar-refractivity contribution is 5.95. The highest BCUT2D eigenvalue weighted by Gasteiger charge is 2.27. The molecular weight excluding hydrogens is 286 g/mol. The van der Waals surface area contributed by atoms with Crippen LogP contribution in [0.2, 0.25) is 0 Å². The monoisotopic (exact) mass is 305 g/mol. The van der Waals surface area contributed by atoms with E-state index in [1.54, 1.807) is 17.0 Å². The summed E-state index contributed by atoms with van der Waals surface area (Å²) in [5.74, 6) is -0.184. The van der Waals surface area contributed by atoms with Gasteiger partial charge in [-0.3, -0.25) is 14.9 Å². The SMILES string of the molecule is C[C@@H]1CN(C(=O)c2ccc(NC3CC3)c([N+](=O)[O-])c2)CCO1. The van der Waals surface area contributed by atoms with Crippen molar-refractivity contribution >= 4 is 17.3 Å². The number of ether oxygens (including phenoxy) is 1. The molecule has 1 amide bonds. The molecule has 3 rings (SSSR count). The second-order valence-electron chi connectivity index (χ2n) is 5.84. The molecule has 1 heterocycles. The maximum Gasteiger partial charge on any atom is 0.293 e. The van der Waals surface area contributed by atoms with E-state index in [1.165, 1.54) is 6.07 Å². The summed E-state index contributed by atoms with van der Waals surface area (Å²) < 4.78 is 5.41. The zero-order valence-electron chi connectivity index (χ0n) is 12.4. The Morgan fingerprint density at radius 1 is 1.45 bits per heavy atom. The third-order valence-electron chi connectivity index (χ3n) is 3.91. The second-order valence-corrected chi connectivity index (χ2v) is 5.84.